The Morgan fingerprint density at radius 1 is 0.459 bits per heavy atom. The van der Waals surface area contributed by atoms with Crippen molar-refractivity contribution < 1.29 is 48.5 Å². The number of phenolic OH excluding ortho intramolecular Hbond substituents is 2. The van der Waals surface area contributed by atoms with E-state index in [1.165, 1.54) is 24.3 Å². The normalized spacial score (nSPS) is 12.3. The molecule has 0 atom stereocenters. The van der Waals surface area contributed by atoms with Crippen molar-refractivity contribution in [3.05, 3.63) is 177 Å². The molecule has 2 aliphatic carbocycles. The zero-order valence-electron chi connectivity index (χ0n) is 32.2. The van der Waals surface area contributed by atoms with Crippen molar-refractivity contribution in [2.24, 2.45) is 0 Å². The van der Waals surface area contributed by atoms with Gasteiger partial charge in [0.15, 0.2) is 23.1 Å². The summed E-state index contributed by atoms with van der Waals surface area (Å²) in [5.41, 5.74) is 4.60. The monoisotopic (exact) mass is 816 g/mol. The molecule has 0 saturated carbocycles. The number of hydrogen-bond donors (Lipinski definition) is 6. The van der Waals surface area contributed by atoms with Gasteiger partial charge in [-0.2, -0.15) is 0 Å². The van der Waals surface area contributed by atoms with Crippen LogP contribution in [0.2, 0.25) is 0 Å². The number of carbonyl (C=O) groups excluding carboxylic acids is 6. The lowest BCUT2D eigenvalue weighted by Crippen LogP contribution is -2.38. The standard InChI is InChI=1S/C47H36N4O10/c52-36-17-15-34(38-40(36)44(56)32-13-3-1-11-30(32)42(38)54)50-28-9-5-7-26(23-28)19-21-60-46(58)48-25-49-47(59)61-22-20-27-8-6-10-29(24-27)51-35-16-18-37(53)41-39(35)43(55)31-12-2-4-14-33(31)45(41)57/h1-18,23-24,50-53H,19-22,25H2,(H,48,58)(H,49,59). The second-order valence-electron chi connectivity index (χ2n) is 14.1. The van der Waals surface area contributed by atoms with Crippen LogP contribution in [-0.2, 0) is 22.3 Å². The number of rotatable bonds is 12. The first-order valence-electron chi connectivity index (χ1n) is 19.2. The smallest absolute Gasteiger partial charge is 0.408 e. The summed E-state index contributed by atoms with van der Waals surface area (Å²) in [6.45, 7) is -0.213. The van der Waals surface area contributed by atoms with Crippen LogP contribution in [0.25, 0.3) is 0 Å². The zero-order chi connectivity index (χ0) is 42.6. The maximum atomic E-state index is 13.4. The van der Waals surface area contributed by atoms with Gasteiger partial charge in [0, 0.05) is 46.5 Å². The molecular weight excluding hydrogens is 781 g/mol. The van der Waals surface area contributed by atoms with Crippen LogP contribution in [0.4, 0.5) is 32.3 Å². The molecule has 0 bridgehead atoms. The van der Waals surface area contributed by atoms with E-state index in [2.05, 4.69) is 21.3 Å². The summed E-state index contributed by atoms with van der Waals surface area (Å²) in [4.78, 5) is 77.8. The maximum absolute atomic E-state index is 13.4. The second-order valence-corrected chi connectivity index (χ2v) is 14.1. The molecule has 14 heteroatoms. The van der Waals surface area contributed by atoms with Crippen LogP contribution < -0.4 is 21.3 Å². The summed E-state index contributed by atoms with van der Waals surface area (Å²) in [5, 5.41) is 32.2. The average molecular weight is 817 g/mol. The molecule has 0 spiro atoms. The van der Waals surface area contributed by atoms with Crippen LogP contribution in [0.15, 0.2) is 121 Å². The van der Waals surface area contributed by atoms with E-state index in [0.29, 0.717) is 35.6 Å². The third kappa shape index (κ3) is 8.10. The molecule has 61 heavy (non-hydrogen) atoms. The number of amides is 2. The number of carbonyl (C=O) groups is 6. The highest BCUT2D eigenvalue weighted by atomic mass is 16.6. The van der Waals surface area contributed by atoms with Gasteiger partial charge in [-0.3, -0.25) is 19.2 Å². The number of nitrogens with one attached hydrogen (secondary N) is 4. The molecule has 0 aromatic heterocycles. The topological polar surface area (TPSA) is 209 Å². The van der Waals surface area contributed by atoms with Crippen LogP contribution in [-0.4, -0.2) is 65.4 Å². The van der Waals surface area contributed by atoms with Crippen molar-refractivity contribution in [1.29, 1.82) is 0 Å². The van der Waals surface area contributed by atoms with E-state index in [1.54, 1.807) is 84.9 Å². The average Bonchev–Trinajstić information content (AvgIpc) is 3.26. The fourth-order valence-electron chi connectivity index (χ4n) is 7.35. The molecule has 0 unspecified atom stereocenters. The van der Waals surface area contributed by atoms with Gasteiger partial charge in [-0.05, 0) is 59.7 Å². The summed E-state index contributed by atoms with van der Waals surface area (Å²) in [5.74, 6) is -2.18. The molecule has 6 aromatic rings. The Kier molecular flexibility index (Phi) is 11.0. The predicted molar refractivity (Wildman–Crippen MR) is 224 cm³/mol. The molecule has 6 N–H and O–H groups in total. The number of hydrogen-bond acceptors (Lipinski definition) is 12. The SMILES string of the molecule is O=C(NCNC(=O)OCCc1cccc(Nc2ccc(O)c3c2C(=O)c2ccccc2C3=O)c1)OCCc1cccc(Nc2ccc(O)c3c2C(=O)c2ccccc2C3=O)c1. The van der Waals surface area contributed by atoms with Gasteiger partial charge in [0.25, 0.3) is 0 Å². The summed E-state index contributed by atoms with van der Waals surface area (Å²) < 4.78 is 10.5. The Morgan fingerprint density at radius 2 is 0.836 bits per heavy atom. The minimum Gasteiger partial charge on any atom is -0.507 e. The lowest BCUT2D eigenvalue weighted by Gasteiger charge is -2.21. The molecule has 2 amide bonds. The molecule has 0 heterocycles. The second kappa shape index (κ2) is 16.9. The van der Waals surface area contributed by atoms with Gasteiger partial charge in [0.1, 0.15) is 11.5 Å². The number of ketones is 4. The largest absolute Gasteiger partial charge is 0.507 e. The Labute approximate surface area is 348 Å². The van der Waals surface area contributed by atoms with Crippen LogP contribution in [0, 0.1) is 0 Å². The number of anilines is 4. The van der Waals surface area contributed by atoms with Gasteiger partial charge in [-0.25, -0.2) is 9.59 Å². The number of benzene rings is 6. The lowest BCUT2D eigenvalue weighted by atomic mass is 9.82. The number of aromatic hydroxyl groups is 2. The third-order valence-corrected chi connectivity index (χ3v) is 10.2. The van der Waals surface area contributed by atoms with Crippen LogP contribution in [0.1, 0.15) is 74.8 Å². The van der Waals surface area contributed by atoms with Crippen molar-refractivity contribution in [2.75, 3.05) is 30.5 Å². The van der Waals surface area contributed by atoms with E-state index in [-0.39, 0.29) is 87.5 Å². The highest BCUT2D eigenvalue weighted by Gasteiger charge is 2.35. The summed E-state index contributed by atoms with van der Waals surface area (Å²) in [6.07, 6.45) is -0.833. The van der Waals surface area contributed by atoms with Crippen LogP contribution in [0.3, 0.4) is 0 Å². The minimum atomic E-state index is -0.761. The van der Waals surface area contributed by atoms with Crippen molar-refractivity contribution in [1.82, 2.24) is 10.6 Å². The molecule has 0 aliphatic heterocycles. The highest BCUT2D eigenvalue weighted by molar-refractivity contribution is 6.32. The maximum Gasteiger partial charge on any atom is 0.408 e. The van der Waals surface area contributed by atoms with Gasteiger partial charge in [-0.15, -0.1) is 0 Å². The predicted octanol–water partition coefficient (Wildman–Crippen LogP) is 7.33. The third-order valence-electron chi connectivity index (χ3n) is 10.2. The van der Waals surface area contributed by atoms with Gasteiger partial charge in [-0.1, -0.05) is 72.8 Å². The van der Waals surface area contributed by atoms with Crippen molar-refractivity contribution in [2.45, 2.75) is 12.8 Å². The molecule has 8 rings (SSSR count). The van der Waals surface area contributed by atoms with Crippen LogP contribution >= 0.6 is 0 Å². The Hall–Kier alpha value is -8.26. The van der Waals surface area contributed by atoms with E-state index in [1.807, 2.05) is 12.1 Å². The quantitative estimate of drug-likeness (QED) is 0.0529. The van der Waals surface area contributed by atoms with Crippen molar-refractivity contribution in [3.63, 3.8) is 0 Å². The Balaban J connectivity index is 0.774. The lowest BCUT2D eigenvalue weighted by molar-refractivity contribution is 0.0977. The molecule has 0 radical (unpaired) electrons. The highest BCUT2D eigenvalue weighted by Crippen LogP contribution is 2.39. The van der Waals surface area contributed by atoms with E-state index in [9.17, 15) is 39.0 Å². The van der Waals surface area contributed by atoms with Gasteiger partial charge in [0.05, 0.1) is 53.5 Å². The molecular formula is C47H36N4O10. The van der Waals surface area contributed by atoms with E-state index in [4.69, 9.17) is 9.47 Å². The van der Waals surface area contributed by atoms with Crippen molar-refractivity contribution >= 4 is 58.1 Å². The van der Waals surface area contributed by atoms with Crippen LogP contribution in [0.5, 0.6) is 11.5 Å². The minimum absolute atomic E-state index is 0.0175. The van der Waals surface area contributed by atoms with Crippen molar-refractivity contribution in [3.8, 4) is 11.5 Å². The fraction of sp³-hybridized carbons (Fsp3) is 0.106. The number of fused-ring (bicyclic) bond motifs is 4. The molecule has 0 fully saturated rings. The number of phenols is 2. The summed E-state index contributed by atoms with van der Waals surface area (Å²) in [7, 11) is 0. The van der Waals surface area contributed by atoms with Gasteiger partial charge >= 0.3 is 12.2 Å². The fourth-order valence-corrected chi connectivity index (χ4v) is 7.35. The van der Waals surface area contributed by atoms with Gasteiger partial charge in [0.2, 0.25) is 0 Å². The van der Waals surface area contributed by atoms with E-state index < -0.39 is 23.8 Å². The first kappa shape index (κ1) is 39.6. The molecule has 2 aliphatic rings. The Bertz CT molecular complexity index is 2610. The number of alkyl carbamates (subject to hydrolysis) is 2. The molecule has 6 aromatic carbocycles. The van der Waals surface area contributed by atoms with Gasteiger partial charge < -0.3 is 41.0 Å². The molecule has 14 nitrogen and oxygen atoms in total. The van der Waals surface area contributed by atoms with E-state index >= 15 is 0 Å². The first-order valence-corrected chi connectivity index (χ1v) is 19.2. The number of ether oxygens (including phenoxy) is 2. The first-order chi connectivity index (χ1) is 29.6. The summed E-state index contributed by atoms with van der Waals surface area (Å²) in [6, 6.07) is 33.2. The summed E-state index contributed by atoms with van der Waals surface area (Å²) >= 11 is 0. The zero-order valence-corrected chi connectivity index (χ0v) is 32.2. The van der Waals surface area contributed by atoms with E-state index in [0.717, 1.165) is 11.1 Å². The Morgan fingerprint density at radius 3 is 1.23 bits per heavy atom. The molecule has 304 valence electrons. The molecule has 0 saturated heterocycles.